The average molecular weight is 405 g/mol. The highest BCUT2D eigenvalue weighted by atomic mass is 19.4. The number of carbonyl (C=O) groups excluding carboxylic acids is 2. The van der Waals surface area contributed by atoms with Crippen LogP contribution in [0.3, 0.4) is 0 Å². The number of alkyl halides is 6. The number of benzene rings is 2. The minimum atomic E-state index is -5.17. The Kier molecular flexibility index (Phi) is 6.32. The predicted molar refractivity (Wildman–Crippen MR) is 85.7 cm³/mol. The molecule has 150 valence electrons. The largest absolute Gasteiger partial charge is 0.490 e. The summed E-state index contributed by atoms with van der Waals surface area (Å²) in [6.45, 7) is -1.10. The molecule has 0 radical (unpaired) electrons. The van der Waals surface area contributed by atoms with E-state index in [0.29, 0.717) is 16.7 Å². The van der Waals surface area contributed by atoms with Crippen LogP contribution in [0.2, 0.25) is 0 Å². The van der Waals surface area contributed by atoms with Crippen molar-refractivity contribution in [1.29, 1.82) is 0 Å². The number of esters is 1. The van der Waals surface area contributed by atoms with Crippen LogP contribution < -0.4 is 5.32 Å². The normalized spacial score (nSPS) is 11.8. The lowest BCUT2D eigenvalue weighted by Crippen LogP contribution is -2.32. The second-order valence-electron chi connectivity index (χ2n) is 5.62. The molecule has 0 heterocycles. The van der Waals surface area contributed by atoms with Crippen molar-refractivity contribution in [3.63, 3.8) is 0 Å². The average Bonchev–Trinajstić information content (AvgIpc) is 2.63. The van der Waals surface area contributed by atoms with E-state index >= 15 is 0 Å². The summed E-state index contributed by atoms with van der Waals surface area (Å²) < 4.78 is 77.3. The molecular weight excluding hydrogens is 392 g/mol. The first kappa shape index (κ1) is 21.3. The maximum atomic E-state index is 12.6. The molecule has 0 saturated heterocycles. The van der Waals surface area contributed by atoms with E-state index in [1.54, 1.807) is 24.3 Å². The minimum Gasteiger partial charge on any atom is -0.449 e. The number of carbonyl (C=O) groups is 2. The highest BCUT2D eigenvalue weighted by Gasteiger charge is 2.41. The van der Waals surface area contributed by atoms with E-state index in [1.807, 2.05) is 0 Å². The van der Waals surface area contributed by atoms with Gasteiger partial charge in [0, 0.05) is 6.54 Å². The third-order valence-electron chi connectivity index (χ3n) is 3.55. The van der Waals surface area contributed by atoms with Gasteiger partial charge >= 0.3 is 18.3 Å². The Labute approximate surface area is 155 Å². The Balaban J connectivity index is 1.89. The fourth-order valence-corrected chi connectivity index (χ4v) is 2.13. The number of ether oxygens (including phenoxy) is 1. The molecule has 0 spiro atoms. The first-order valence-corrected chi connectivity index (χ1v) is 7.74. The quantitative estimate of drug-likeness (QED) is 0.602. The fraction of sp³-hybridized carbons (Fsp3) is 0.222. The van der Waals surface area contributed by atoms with Crippen LogP contribution >= 0.6 is 0 Å². The lowest BCUT2D eigenvalue weighted by molar-refractivity contribution is -0.200. The van der Waals surface area contributed by atoms with E-state index in [9.17, 15) is 35.9 Å². The summed E-state index contributed by atoms with van der Waals surface area (Å²) in [6, 6.07) is 11.0. The van der Waals surface area contributed by atoms with Crippen molar-refractivity contribution in [2.45, 2.75) is 18.9 Å². The number of halogens is 6. The van der Waals surface area contributed by atoms with Crippen LogP contribution in [0.25, 0.3) is 11.1 Å². The molecule has 2 aromatic rings. The number of amides is 1. The molecule has 0 aliphatic heterocycles. The highest BCUT2D eigenvalue weighted by molar-refractivity contribution is 5.82. The summed E-state index contributed by atoms with van der Waals surface area (Å²) in [6.07, 6.45) is -9.59. The van der Waals surface area contributed by atoms with Crippen LogP contribution in [0.15, 0.2) is 48.5 Å². The Morgan fingerprint density at radius 2 is 1.32 bits per heavy atom. The molecule has 0 bridgehead atoms. The second kappa shape index (κ2) is 8.32. The van der Waals surface area contributed by atoms with E-state index in [0.717, 1.165) is 12.1 Å². The van der Waals surface area contributed by atoms with Crippen molar-refractivity contribution in [2.24, 2.45) is 0 Å². The summed E-state index contributed by atoms with van der Waals surface area (Å²) in [4.78, 5) is 21.9. The monoisotopic (exact) mass is 405 g/mol. The first-order valence-electron chi connectivity index (χ1n) is 7.74. The smallest absolute Gasteiger partial charge is 0.449 e. The summed E-state index contributed by atoms with van der Waals surface area (Å²) in [7, 11) is 0. The molecule has 0 atom stereocenters. The molecule has 1 amide bonds. The van der Waals surface area contributed by atoms with Crippen LogP contribution in [0.1, 0.15) is 11.1 Å². The molecule has 0 aliphatic carbocycles. The van der Waals surface area contributed by atoms with Gasteiger partial charge in [0.2, 0.25) is 0 Å². The molecule has 28 heavy (non-hydrogen) atoms. The molecule has 2 aromatic carbocycles. The summed E-state index contributed by atoms with van der Waals surface area (Å²) in [5.41, 5.74) is 1.03. The van der Waals surface area contributed by atoms with Gasteiger partial charge in [0.05, 0.1) is 5.56 Å². The SMILES string of the molecule is O=C(COC(=O)C(F)(F)F)NCc1ccc(-c2ccc(C(F)(F)F)cc2)cc1. The third-order valence-corrected chi connectivity index (χ3v) is 3.55. The molecule has 0 aromatic heterocycles. The van der Waals surface area contributed by atoms with Gasteiger partial charge in [-0.25, -0.2) is 4.79 Å². The van der Waals surface area contributed by atoms with Crippen molar-refractivity contribution in [3.8, 4) is 11.1 Å². The lowest BCUT2D eigenvalue weighted by atomic mass is 10.0. The van der Waals surface area contributed by atoms with Crippen LogP contribution in [0.4, 0.5) is 26.3 Å². The van der Waals surface area contributed by atoms with E-state index in [1.165, 1.54) is 12.1 Å². The number of hydrogen-bond acceptors (Lipinski definition) is 3. The van der Waals surface area contributed by atoms with Gasteiger partial charge in [-0.2, -0.15) is 26.3 Å². The minimum absolute atomic E-state index is 0.0321. The van der Waals surface area contributed by atoms with Gasteiger partial charge in [0.15, 0.2) is 6.61 Å². The van der Waals surface area contributed by atoms with Crippen LogP contribution in [-0.2, 0) is 27.0 Å². The summed E-state index contributed by atoms with van der Waals surface area (Å²) in [5.74, 6) is -3.37. The van der Waals surface area contributed by atoms with E-state index < -0.39 is 36.4 Å². The molecule has 0 saturated carbocycles. The standard InChI is InChI=1S/C18H13F6NO3/c19-17(20,21)14-7-5-13(6-8-14)12-3-1-11(2-4-12)9-25-15(26)10-28-16(27)18(22,23)24/h1-8H,9-10H2,(H,25,26). The maximum absolute atomic E-state index is 12.6. The van der Waals surface area contributed by atoms with Crippen LogP contribution in [0.5, 0.6) is 0 Å². The van der Waals surface area contributed by atoms with Gasteiger partial charge in [-0.3, -0.25) is 4.79 Å². The van der Waals surface area contributed by atoms with Crippen molar-refractivity contribution in [2.75, 3.05) is 6.61 Å². The van der Waals surface area contributed by atoms with Gasteiger partial charge in [-0.1, -0.05) is 36.4 Å². The van der Waals surface area contributed by atoms with E-state index in [4.69, 9.17) is 0 Å². The van der Waals surface area contributed by atoms with Gasteiger partial charge < -0.3 is 10.1 Å². The lowest BCUT2D eigenvalue weighted by Gasteiger charge is -2.09. The fourth-order valence-electron chi connectivity index (χ4n) is 2.13. The molecule has 4 nitrogen and oxygen atoms in total. The molecule has 0 fully saturated rings. The first-order chi connectivity index (χ1) is 13.0. The van der Waals surface area contributed by atoms with Gasteiger partial charge in [-0.05, 0) is 28.8 Å². The zero-order chi connectivity index (χ0) is 20.9. The van der Waals surface area contributed by atoms with Crippen LogP contribution in [0, 0.1) is 0 Å². The van der Waals surface area contributed by atoms with Crippen molar-refractivity contribution in [1.82, 2.24) is 5.32 Å². The predicted octanol–water partition coefficient (Wildman–Crippen LogP) is 4.09. The number of rotatable bonds is 5. The molecular formula is C18H13F6NO3. The second-order valence-corrected chi connectivity index (χ2v) is 5.62. The van der Waals surface area contributed by atoms with E-state index in [2.05, 4.69) is 10.1 Å². The van der Waals surface area contributed by atoms with E-state index in [-0.39, 0.29) is 6.54 Å². The third kappa shape index (κ3) is 6.00. The maximum Gasteiger partial charge on any atom is 0.490 e. The molecule has 10 heteroatoms. The van der Waals surface area contributed by atoms with Crippen molar-refractivity contribution >= 4 is 11.9 Å². The Hall–Kier alpha value is -3.04. The number of nitrogens with one attached hydrogen (secondary N) is 1. The van der Waals surface area contributed by atoms with Gasteiger partial charge in [0.1, 0.15) is 0 Å². The van der Waals surface area contributed by atoms with Crippen molar-refractivity contribution in [3.05, 3.63) is 59.7 Å². The Morgan fingerprint density at radius 3 is 1.79 bits per heavy atom. The van der Waals surface area contributed by atoms with Crippen LogP contribution in [-0.4, -0.2) is 24.7 Å². The number of hydrogen-bond donors (Lipinski definition) is 1. The van der Waals surface area contributed by atoms with Crippen molar-refractivity contribution < 1.29 is 40.7 Å². The summed E-state index contributed by atoms with van der Waals surface area (Å²) >= 11 is 0. The Morgan fingerprint density at radius 1 is 0.821 bits per heavy atom. The topological polar surface area (TPSA) is 55.4 Å². The van der Waals surface area contributed by atoms with Gasteiger partial charge in [0.25, 0.3) is 5.91 Å². The zero-order valence-electron chi connectivity index (χ0n) is 14.0. The molecule has 0 unspecified atom stereocenters. The molecule has 1 N–H and O–H groups in total. The zero-order valence-corrected chi connectivity index (χ0v) is 14.0. The van der Waals surface area contributed by atoms with Gasteiger partial charge in [-0.15, -0.1) is 0 Å². The molecule has 2 rings (SSSR count). The molecule has 0 aliphatic rings. The summed E-state index contributed by atoms with van der Waals surface area (Å²) in [5, 5.41) is 2.28. The Bertz CT molecular complexity index is 826. The highest BCUT2D eigenvalue weighted by Crippen LogP contribution is 2.31.